The monoisotopic (exact) mass is 455 g/mol. The van der Waals surface area contributed by atoms with Crippen molar-refractivity contribution in [2.24, 2.45) is 3.34 Å². The van der Waals surface area contributed by atoms with Crippen molar-refractivity contribution in [3.05, 3.63) is 23.0 Å². The SMILES string of the molecule is CC(C)(C)[N-]C=C[N-]C(C)(C)C.CC(C)(C)[N]=[Ta][Cl]. The third kappa shape index (κ3) is 27.4. The number of hydrogen-bond donors (Lipinski definition) is 0. The Morgan fingerprint density at radius 3 is 1.21 bits per heavy atom. The quantitative estimate of drug-likeness (QED) is 0.489. The Morgan fingerprint density at radius 2 is 1.11 bits per heavy atom. The molecule has 19 heavy (non-hydrogen) atoms. The second-order valence-corrected chi connectivity index (χ2v) is 9.74. The fourth-order valence-electron chi connectivity index (χ4n) is 0.627. The fraction of sp³-hybridized carbons (Fsp3) is 0.857. The van der Waals surface area contributed by atoms with E-state index in [0.29, 0.717) is 0 Å². The average Bonchev–Trinajstić information content (AvgIpc) is 2.08. The molecule has 0 aliphatic heterocycles. The van der Waals surface area contributed by atoms with Gasteiger partial charge in [-0.2, -0.15) is 0 Å². The van der Waals surface area contributed by atoms with E-state index in [0.717, 1.165) is 0 Å². The van der Waals surface area contributed by atoms with E-state index in [-0.39, 0.29) is 16.6 Å². The van der Waals surface area contributed by atoms with E-state index in [4.69, 9.17) is 9.19 Å². The summed E-state index contributed by atoms with van der Waals surface area (Å²) in [5, 5.41) is 8.57. The normalized spacial score (nSPS) is 13.4. The van der Waals surface area contributed by atoms with Gasteiger partial charge in [-0.25, -0.2) is 12.4 Å². The van der Waals surface area contributed by atoms with Crippen LogP contribution >= 0.6 is 9.19 Å². The zero-order chi connectivity index (χ0) is 15.7. The van der Waals surface area contributed by atoms with Gasteiger partial charge in [-0.15, -0.1) is 11.1 Å². The van der Waals surface area contributed by atoms with Gasteiger partial charge >= 0.3 is 57.3 Å². The third-order valence-corrected chi connectivity index (χ3v) is 4.37. The van der Waals surface area contributed by atoms with Crippen LogP contribution in [0.25, 0.3) is 10.6 Å². The summed E-state index contributed by atoms with van der Waals surface area (Å²) >= 11 is -0.893. The summed E-state index contributed by atoms with van der Waals surface area (Å²) in [5.41, 5.74) is 0.131. The molecule has 0 aromatic heterocycles. The first-order chi connectivity index (χ1) is 8.27. The first-order valence-electron chi connectivity index (χ1n) is 6.39. The molecule has 0 N–H and O–H groups in total. The Bertz CT molecular complexity index is 263. The van der Waals surface area contributed by atoms with Crippen LogP contribution in [0.3, 0.4) is 0 Å². The average molecular weight is 456 g/mol. The Kier molecular flexibility index (Phi) is 10.4. The second-order valence-electron chi connectivity index (χ2n) is 7.24. The number of hydrogen-bond acceptors (Lipinski definition) is 1. The summed E-state index contributed by atoms with van der Waals surface area (Å²) in [7, 11) is 5.50. The van der Waals surface area contributed by atoms with E-state index in [2.05, 4.69) is 76.3 Å². The summed E-state index contributed by atoms with van der Waals surface area (Å²) in [4.78, 5) is 0. The predicted molar refractivity (Wildman–Crippen MR) is 83.4 cm³/mol. The van der Waals surface area contributed by atoms with Gasteiger partial charge in [-0.1, -0.05) is 41.5 Å². The molecule has 3 nitrogen and oxygen atoms in total. The molecule has 0 radical (unpaired) electrons. The Hall–Kier alpha value is 0.170. The molecular formula is C14H29ClN3Ta-2. The molecule has 0 bridgehead atoms. The first kappa shape index (κ1) is 21.5. The molecule has 0 saturated heterocycles. The summed E-state index contributed by atoms with van der Waals surface area (Å²) < 4.78 is 4.20. The van der Waals surface area contributed by atoms with Crippen molar-refractivity contribution in [1.82, 2.24) is 0 Å². The Morgan fingerprint density at radius 1 is 0.789 bits per heavy atom. The van der Waals surface area contributed by atoms with E-state index in [1.807, 2.05) is 0 Å². The third-order valence-electron chi connectivity index (χ3n) is 1.33. The topological polar surface area (TPSA) is 40.6 Å². The molecule has 0 atom stereocenters. The van der Waals surface area contributed by atoms with Gasteiger partial charge < -0.3 is 10.6 Å². The summed E-state index contributed by atoms with van der Waals surface area (Å²) in [5.74, 6) is 0. The van der Waals surface area contributed by atoms with E-state index in [1.54, 1.807) is 12.4 Å². The Balaban J connectivity index is 0. The first-order valence-corrected chi connectivity index (χ1v) is 11.8. The van der Waals surface area contributed by atoms with Gasteiger partial charge in [0.15, 0.2) is 0 Å². The zero-order valence-electron chi connectivity index (χ0n) is 13.8. The maximum atomic E-state index is 5.50. The fourth-order valence-corrected chi connectivity index (χ4v) is 3.30. The summed E-state index contributed by atoms with van der Waals surface area (Å²) in [6.45, 7) is 18.6. The minimum absolute atomic E-state index is 0.00387. The van der Waals surface area contributed by atoms with Crippen LogP contribution in [-0.4, -0.2) is 16.6 Å². The molecule has 0 amide bonds. The molecule has 0 aromatic rings. The van der Waals surface area contributed by atoms with Crippen molar-refractivity contribution >= 4 is 9.19 Å². The standard InChI is InChI=1S/C10H20N2.C4H9N.ClH.Ta/c1-9(2,3)11-7-8-12-10(4,5)6;1-4(2,3)5;;/h7-8H,1-6H3;1-3H3;1H;/q-2;;;+1/p-1. The second kappa shape index (κ2) is 9.17. The predicted octanol–water partition coefficient (Wildman–Crippen LogP) is 6.01. The van der Waals surface area contributed by atoms with Crippen molar-refractivity contribution in [3.63, 3.8) is 0 Å². The van der Waals surface area contributed by atoms with Gasteiger partial charge in [0.2, 0.25) is 0 Å². The molecule has 0 aliphatic rings. The van der Waals surface area contributed by atoms with Gasteiger partial charge in [-0.3, -0.25) is 0 Å². The van der Waals surface area contributed by atoms with Crippen LogP contribution in [0.5, 0.6) is 0 Å². The molecule has 5 heteroatoms. The van der Waals surface area contributed by atoms with Crippen molar-refractivity contribution in [1.29, 1.82) is 0 Å². The van der Waals surface area contributed by atoms with Crippen LogP contribution in [0, 0.1) is 0 Å². The number of halogens is 1. The van der Waals surface area contributed by atoms with Crippen LogP contribution in [0.2, 0.25) is 0 Å². The van der Waals surface area contributed by atoms with Gasteiger partial charge in [-0.05, 0) is 0 Å². The molecule has 0 aliphatic carbocycles. The maximum absolute atomic E-state index is 5.50. The number of nitrogens with zero attached hydrogens (tertiary/aromatic N) is 3. The molecule has 114 valence electrons. The molecule has 0 fully saturated rings. The van der Waals surface area contributed by atoms with Crippen LogP contribution in [-0.2, 0) is 18.5 Å². The van der Waals surface area contributed by atoms with Crippen LogP contribution in [0.15, 0.2) is 15.7 Å². The van der Waals surface area contributed by atoms with Gasteiger partial charge in [0.05, 0.1) is 0 Å². The number of rotatable bonds is 2. The van der Waals surface area contributed by atoms with Crippen molar-refractivity contribution < 1.29 is 18.5 Å². The zero-order valence-corrected chi connectivity index (χ0v) is 17.8. The van der Waals surface area contributed by atoms with Gasteiger partial charge in [0.25, 0.3) is 0 Å². The molecule has 0 rings (SSSR count). The van der Waals surface area contributed by atoms with Crippen molar-refractivity contribution in [3.8, 4) is 0 Å². The van der Waals surface area contributed by atoms with Crippen molar-refractivity contribution in [2.45, 2.75) is 78.9 Å². The van der Waals surface area contributed by atoms with Gasteiger partial charge in [0, 0.05) is 0 Å². The summed E-state index contributed by atoms with van der Waals surface area (Å²) in [6, 6.07) is 0. The van der Waals surface area contributed by atoms with E-state index in [9.17, 15) is 0 Å². The van der Waals surface area contributed by atoms with E-state index >= 15 is 0 Å². The molecule has 0 saturated carbocycles. The molecular weight excluding hydrogens is 427 g/mol. The van der Waals surface area contributed by atoms with Crippen LogP contribution in [0.1, 0.15) is 62.3 Å². The van der Waals surface area contributed by atoms with Crippen molar-refractivity contribution in [2.75, 3.05) is 0 Å². The molecule has 0 heterocycles. The van der Waals surface area contributed by atoms with E-state index in [1.165, 1.54) is 0 Å². The molecule has 0 spiro atoms. The van der Waals surface area contributed by atoms with Crippen LogP contribution < -0.4 is 0 Å². The summed E-state index contributed by atoms with van der Waals surface area (Å²) in [6.07, 6.45) is 3.54. The van der Waals surface area contributed by atoms with Crippen LogP contribution in [0.4, 0.5) is 0 Å². The molecule has 0 aromatic carbocycles. The minimum atomic E-state index is -0.893. The van der Waals surface area contributed by atoms with E-state index < -0.39 is 18.5 Å². The molecule has 0 unspecified atom stereocenters. The van der Waals surface area contributed by atoms with Gasteiger partial charge in [0.1, 0.15) is 0 Å². The Labute approximate surface area is 133 Å².